The van der Waals surface area contributed by atoms with Gasteiger partial charge in [-0.05, 0) is 38.3 Å². The highest BCUT2D eigenvalue weighted by molar-refractivity contribution is 5.79. The van der Waals surface area contributed by atoms with Crippen molar-refractivity contribution in [2.75, 3.05) is 20.3 Å². The molecule has 0 bridgehead atoms. The Morgan fingerprint density at radius 1 is 1.22 bits per heavy atom. The van der Waals surface area contributed by atoms with Gasteiger partial charge >= 0.3 is 5.97 Å². The van der Waals surface area contributed by atoms with Crippen LogP contribution < -0.4 is 4.74 Å². The van der Waals surface area contributed by atoms with Crippen LogP contribution in [0.25, 0.3) is 0 Å². The normalized spacial score (nSPS) is 11.7. The number of aryl methyl sites for hydroxylation is 2. The molecule has 1 atom stereocenters. The average Bonchev–Trinajstić information content (AvgIpc) is 2.53. The number of nitrogens with zero attached hydrogens (tertiary/aromatic N) is 1. The lowest BCUT2D eigenvalue weighted by Crippen LogP contribution is -2.42. The molecule has 0 aliphatic heterocycles. The fraction of sp³-hybridized carbons (Fsp3) is 0.556. The third kappa shape index (κ3) is 5.58. The summed E-state index contributed by atoms with van der Waals surface area (Å²) in [7, 11) is 1.35. The van der Waals surface area contributed by atoms with Gasteiger partial charge in [-0.2, -0.15) is 0 Å². The summed E-state index contributed by atoms with van der Waals surface area (Å²) >= 11 is 0. The first kappa shape index (κ1) is 19.0. The SMILES string of the molecule is CCC(C)N(CCC(=O)OC)C(=O)COc1c(C)cccc1C. The number of hydrogen-bond acceptors (Lipinski definition) is 4. The Bertz CT molecular complexity index is 522. The molecule has 0 heterocycles. The van der Waals surface area contributed by atoms with Gasteiger partial charge in [0.15, 0.2) is 6.61 Å². The number of methoxy groups -OCH3 is 1. The lowest BCUT2D eigenvalue weighted by atomic mass is 10.1. The third-order valence-corrected chi connectivity index (χ3v) is 3.98. The van der Waals surface area contributed by atoms with Gasteiger partial charge in [-0.1, -0.05) is 25.1 Å². The Kier molecular flexibility index (Phi) is 7.59. The Morgan fingerprint density at radius 3 is 2.35 bits per heavy atom. The van der Waals surface area contributed by atoms with Crippen LogP contribution in [-0.2, 0) is 14.3 Å². The van der Waals surface area contributed by atoms with Crippen LogP contribution in [0, 0.1) is 13.8 Å². The van der Waals surface area contributed by atoms with Crippen molar-refractivity contribution in [2.45, 2.75) is 46.6 Å². The maximum Gasteiger partial charge on any atom is 0.307 e. The molecule has 0 aliphatic rings. The zero-order chi connectivity index (χ0) is 17.4. The molecule has 0 spiro atoms. The maximum absolute atomic E-state index is 12.5. The number of rotatable bonds is 8. The fourth-order valence-electron chi connectivity index (χ4n) is 2.37. The zero-order valence-corrected chi connectivity index (χ0v) is 14.7. The van der Waals surface area contributed by atoms with E-state index in [0.717, 1.165) is 23.3 Å². The molecule has 1 amide bonds. The van der Waals surface area contributed by atoms with Gasteiger partial charge in [-0.3, -0.25) is 9.59 Å². The summed E-state index contributed by atoms with van der Waals surface area (Å²) in [5, 5.41) is 0. The maximum atomic E-state index is 12.5. The second-order valence-corrected chi connectivity index (χ2v) is 5.68. The minimum Gasteiger partial charge on any atom is -0.483 e. The van der Waals surface area contributed by atoms with Gasteiger partial charge in [0.05, 0.1) is 13.5 Å². The molecule has 1 rings (SSSR count). The molecule has 0 aromatic heterocycles. The molecule has 0 aliphatic carbocycles. The standard InChI is InChI=1S/C18H27NO4/c1-6-15(4)19(11-10-17(21)22-5)16(20)12-23-18-13(2)8-7-9-14(18)3/h7-9,15H,6,10-12H2,1-5H3. The van der Waals surface area contributed by atoms with Gasteiger partial charge in [0.2, 0.25) is 0 Å². The quantitative estimate of drug-likeness (QED) is 0.691. The molecular formula is C18H27NO4. The van der Waals surface area contributed by atoms with E-state index in [1.165, 1.54) is 7.11 Å². The Hall–Kier alpha value is -2.04. The molecular weight excluding hydrogens is 294 g/mol. The van der Waals surface area contributed by atoms with Crippen LogP contribution in [0.4, 0.5) is 0 Å². The van der Waals surface area contributed by atoms with E-state index in [4.69, 9.17) is 4.74 Å². The number of amides is 1. The average molecular weight is 321 g/mol. The Morgan fingerprint density at radius 2 is 1.83 bits per heavy atom. The molecule has 1 aromatic rings. The summed E-state index contributed by atoms with van der Waals surface area (Å²) < 4.78 is 10.4. The number of benzene rings is 1. The van der Waals surface area contributed by atoms with Crippen molar-refractivity contribution in [1.82, 2.24) is 4.90 Å². The van der Waals surface area contributed by atoms with Crippen molar-refractivity contribution >= 4 is 11.9 Å². The molecule has 0 radical (unpaired) electrons. The summed E-state index contributed by atoms with van der Waals surface area (Å²) in [6.45, 7) is 8.20. The lowest BCUT2D eigenvalue weighted by molar-refractivity contribution is -0.142. The summed E-state index contributed by atoms with van der Waals surface area (Å²) in [6.07, 6.45) is 1.01. The van der Waals surface area contributed by atoms with Crippen LogP contribution >= 0.6 is 0 Å². The first-order chi connectivity index (χ1) is 10.9. The minimum absolute atomic E-state index is 0.0305. The van der Waals surface area contributed by atoms with Crippen LogP contribution in [0.1, 0.15) is 37.8 Å². The van der Waals surface area contributed by atoms with E-state index in [9.17, 15) is 9.59 Å². The Labute approximate surface area is 138 Å². The van der Waals surface area contributed by atoms with Gasteiger partial charge in [-0.15, -0.1) is 0 Å². The molecule has 0 fully saturated rings. The van der Waals surface area contributed by atoms with Crippen molar-refractivity contribution in [3.63, 3.8) is 0 Å². The molecule has 0 saturated carbocycles. The highest BCUT2D eigenvalue weighted by Crippen LogP contribution is 2.22. The summed E-state index contributed by atoms with van der Waals surface area (Å²) in [5.74, 6) is 0.311. The monoisotopic (exact) mass is 321 g/mol. The second-order valence-electron chi connectivity index (χ2n) is 5.68. The van der Waals surface area contributed by atoms with Crippen LogP contribution in [0.3, 0.4) is 0 Å². The van der Waals surface area contributed by atoms with Crippen molar-refractivity contribution in [1.29, 1.82) is 0 Å². The van der Waals surface area contributed by atoms with Crippen molar-refractivity contribution < 1.29 is 19.1 Å². The summed E-state index contributed by atoms with van der Waals surface area (Å²) in [6, 6.07) is 5.92. The molecule has 23 heavy (non-hydrogen) atoms. The second kappa shape index (κ2) is 9.18. The number of para-hydroxylation sites is 1. The first-order valence-electron chi connectivity index (χ1n) is 7.96. The van der Waals surface area contributed by atoms with Crippen molar-refractivity contribution in [3.05, 3.63) is 29.3 Å². The molecule has 0 N–H and O–H groups in total. The largest absolute Gasteiger partial charge is 0.483 e. The van der Waals surface area contributed by atoms with Crippen LogP contribution in [0.2, 0.25) is 0 Å². The van der Waals surface area contributed by atoms with Gasteiger partial charge in [0.1, 0.15) is 5.75 Å². The fourth-order valence-corrected chi connectivity index (χ4v) is 2.37. The van der Waals surface area contributed by atoms with Crippen LogP contribution in [0.5, 0.6) is 5.75 Å². The molecule has 128 valence electrons. The Balaban J connectivity index is 2.71. The van der Waals surface area contributed by atoms with Crippen molar-refractivity contribution in [2.24, 2.45) is 0 Å². The van der Waals surface area contributed by atoms with Gasteiger partial charge in [0, 0.05) is 12.6 Å². The summed E-state index contributed by atoms with van der Waals surface area (Å²) in [5.41, 5.74) is 2.00. The molecule has 0 saturated heterocycles. The molecule has 5 heteroatoms. The molecule has 5 nitrogen and oxygen atoms in total. The van der Waals surface area contributed by atoms with Crippen LogP contribution in [0.15, 0.2) is 18.2 Å². The van der Waals surface area contributed by atoms with E-state index >= 15 is 0 Å². The number of esters is 1. The number of ether oxygens (including phenoxy) is 2. The third-order valence-electron chi connectivity index (χ3n) is 3.98. The first-order valence-corrected chi connectivity index (χ1v) is 7.96. The highest BCUT2D eigenvalue weighted by Gasteiger charge is 2.21. The van der Waals surface area contributed by atoms with E-state index in [1.54, 1.807) is 4.90 Å². The predicted molar refractivity (Wildman–Crippen MR) is 89.5 cm³/mol. The molecule has 1 aromatic carbocycles. The van der Waals surface area contributed by atoms with E-state index in [0.29, 0.717) is 6.54 Å². The summed E-state index contributed by atoms with van der Waals surface area (Å²) in [4.78, 5) is 25.5. The number of hydrogen-bond donors (Lipinski definition) is 0. The van der Waals surface area contributed by atoms with Gasteiger partial charge in [0.25, 0.3) is 5.91 Å². The van der Waals surface area contributed by atoms with E-state index in [1.807, 2.05) is 45.9 Å². The topological polar surface area (TPSA) is 55.8 Å². The zero-order valence-electron chi connectivity index (χ0n) is 14.7. The van der Waals surface area contributed by atoms with Gasteiger partial charge in [-0.25, -0.2) is 0 Å². The minimum atomic E-state index is -0.318. The van der Waals surface area contributed by atoms with Crippen LogP contribution in [-0.4, -0.2) is 43.1 Å². The smallest absolute Gasteiger partial charge is 0.307 e. The number of carbonyl (C=O) groups excluding carboxylic acids is 2. The van der Waals surface area contributed by atoms with E-state index < -0.39 is 0 Å². The van der Waals surface area contributed by atoms with E-state index in [2.05, 4.69) is 4.74 Å². The van der Waals surface area contributed by atoms with Crippen molar-refractivity contribution in [3.8, 4) is 5.75 Å². The molecule has 1 unspecified atom stereocenters. The lowest BCUT2D eigenvalue weighted by Gasteiger charge is -2.28. The van der Waals surface area contributed by atoms with E-state index in [-0.39, 0.29) is 30.9 Å². The highest BCUT2D eigenvalue weighted by atomic mass is 16.5. The predicted octanol–water partition coefficient (Wildman–Crippen LogP) is 2.87. The number of carbonyl (C=O) groups is 2. The van der Waals surface area contributed by atoms with Gasteiger partial charge < -0.3 is 14.4 Å².